The molecule has 0 amide bonds. The van der Waals surface area contributed by atoms with Gasteiger partial charge in [0.1, 0.15) is 11.1 Å². The molecule has 3 aromatic rings. The predicted octanol–water partition coefficient (Wildman–Crippen LogP) is 3.65. The zero-order chi connectivity index (χ0) is 21.4. The summed E-state index contributed by atoms with van der Waals surface area (Å²) in [5.41, 5.74) is 1.13. The number of halogens is 2. The first-order valence-corrected chi connectivity index (χ1v) is 11.2. The highest BCUT2D eigenvalue weighted by Crippen LogP contribution is 2.40. The summed E-state index contributed by atoms with van der Waals surface area (Å²) in [6.45, 7) is 0.456. The maximum Gasteiger partial charge on any atom is 0.251 e. The molecule has 0 radical (unpaired) electrons. The molecule has 0 saturated heterocycles. The Morgan fingerprint density at radius 2 is 2.20 bits per heavy atom. The Morgan fingerprint density at radius 3 is 2.90 bits per heavy atom. The number of ether oxygens (including phenoxy) is 1. The molecule has 1 aliphatic rings. The largest absolute Gasteiger partial charge is 0.496 e. The number of nitrogens with one attached hydrogen (secondary N) is 1. The molecule has 2 heterocycles. The predicted molar refractivity (Wildman–Crippen MR) is 106 cm³/mol. The molecule has 8 nitrogen and oxygen atoms in total. The van der Waals surface area contributed by atoms with Gasteiger partial charge in [-0.25, -0.2) is 17.2 Å². The molecule has 0 bridgehead atoms. The molecular weight excluding hydrogens is 418 g/mol. The Balaban J connectivity index is 1.59. The van der Waals surface area contributed by atoms with Crippen LogP contribution in [-0.4, -0.2) is 42.1 Å². The Morgan fingerprint density at radius 1 is 1.37 bits per heavy atom. The van der Waals surface area contributed by atoms with Gasteiger partial charge in [-0.3, -0.25) is 9.40 Å². The third-order valence-corrected chi connectivity index (χ3v) is 6.65. The lowest BCUT2D eigenvalue weighted by Crippen LogP contribution is -2.38. The van der Waals surface area contributed by atoms with Crippen LogP contribution in [0.4, 0.5) is 14.6 Å². The zero-order valence-corrected chi connectivity index (χ0v) is 17.2. The van der Waals surface area contributed by atoms with E-state index in [1.165, 1.54) is 7.11 Å². The van der Waals surface area contributed by atoms with E-state index in [4.69, 9.17) is 9.26 Å². The SMILES string of the molecule is COc1cc(Cn2cccn2)cc2onc(NS(=O)(=O)CC3CCCCC3(F)F)c12. The summed E-state index contributed by atoms with van der Waals surface area (Å²) in [5.74, 6) is -4.60. The number of nitrogens with zero attached hydrogens (tertiary/aromatic N) is 3. The average molecular weight is 440 g/mol. The van der Waals surface area contributed by atoms with Crippen LogP contribution >= 0.6 is 0 Å². The second kappa shape index (κ2) is 7.86. The molecule has 1 saturated carbocycles. The molecule has 0 spiro atoms. The molecular formula is C19H22F2N4O4S. The number of anilines is 1. The summed E-state index contributed by atoms with van der Waals surface area (Å²) >= 11 is 0. The van der Waals surface area contributed by atoms with Crippen molar-refractivity contribution in [2.45, 2.75) is 38.2 Å². The molecule has 1 aliphatic carbocycles. The van der Waals surface area contributed by atoms with Gasteiger partial charge in [-0.2, -0.15) is 5.10 Å². The van der Waals surface area contributed by atoms with E-state index >= 15 is 0 Å². The second-order valence-electron chi connectivity index (χ2n) is 7.49. The molecule has 1 unspecified atom stereocenters. The molecule has 4 rings (SSSR count). The van der Waals surface area contributed by atoms with E-state index in [0.29, 0.717) is 36.1 Å². The van der Waals surface area contributed by atoms with Crippen molar-refractivity contribution in [2.24, 2.45) is 5.92 Å². The van der Waals surface area contributed by atoms with Gasteiger partial charge in [0.2, 0.25) is 10.0 Å². The lowest BCUT2D eigenvalue weighted by atomic mass is 9.87. The molecule has 11 heteroatoms. The van der Waals surface area contributed by atoms with Gasteiger partial charge in [0, 0.05) is 24.7 Å². The molecule has 1 atom stereocenters. The summed E-state index contributed by atoms with van der Waals surface area (Å²) in [5, 5.41) is 8.28. The molecule has 1 fully saturated rings. The third-order valence-electron chi connectivity index (χ3n) is 5.30. The topological polar surface area (TPSA) is 99.2 Å². The molecule has 162 valence electrons. The fourth-order valence-corrected chi connectivity index (χ4v) is 5.28. The summed E-state index contributed by atoms with van der Waals surface area (Å²) in [6, 6.07) is 5.24. The third kappa shape index (κ3) is 4.25. The highest BCUT2D eigenvalue weighted by molar-refractivity contribution is 7.92. The Labute approximate surface area is 172 Å². The summed E-state index contributed by atoms with van der Waals surface area (Å²) in [4.78, 5) is 0. The van der Waals surface area contributed by atoms with Crippen molar-refractivity contribution in [1.29, 1.82) is 0 Å². The first-order valence-electron chi connectivity index (χ1n) is 9.59. The number of hydrogen-bond donors (Lipinski definition) is 1. The second-order valence-corrected chi connectivity index (χ2v) is 9.26. The van der Waals surface area contributed by atoms with E-state index in [1.54, 1.807) is 35.3 Å². The van der Waals surface area contributed by atoms with E-state index in [2.05, 4.69) is 15.0 Å². The Bertz CT molecular complexity index is 1130. The van der Waals surface area contributed by atoms with E-state index in [1.807, 2.05) is 0 Å². The highest BCUT2D eigenvalue weighted by atomic mass is 32.2. The zero-order valence-electron chi connectivity index (χ0n) is 16.3. The lowest BCUT2D eigenvalue weighted by Gasteiger charge is -2.30. The van der Waals surface area contributed by atoms with Crippen LogP contribution in [0.2, 0.25) is 0 Å². The van der Waals surface area contributed by atoms with Crippen molar-refractivity contribution in [3.63, 3.8) is 0 Å². The van der Waals surface area contributed by atoms with Crippen LogP contribution in [0.5, 0.6) is 5.75 Å². The van der Waals surface area contributed by atoms with Crippen LogP contribution in [0.3, 0.4) is 0 Å². The van der Waals surface area contributed by atoms with Gasteiger partial charge in [0.25, 0.3) is 5.92 Å². The van der Waals surface area contributed by atoms with Crippen LogP contribution < -0.4 is 9.46 Å². The first kappa shape index (κ1) is 20.6. The van der Waals surface area contributed by atoms with E-state index < -0.39 is 27.6 Å². The van der Waals surface area contributed by atoms with Crippen LogP contribution in [0.15, 0.2) is 35.1 Å². The van der Waals surface area contributed by atoms with Gasteiger partial charge in [0.05, 0.1) is 19.4 Å². The smallest absolute Gasteiger partial charge is 0.251 e. The fraction of sp³-hybridized carbons (Fsp3) is 0.474. The minimum Gasteiger partial charge on any atom is -0.496 e. The monoisotopic (exact) mass is 440 g/mol. The van der Waals surface area contributed by atoms with E-state index in [-0.39, 0.29) is 18.7 Å². The quantitative estimate of drug-likeness (QED) is 0.602. The number of aromatic nitrogens is 3. The number of rotatable bonds is 7. The normalized spacial score (nSPS) is 19.1. The minimum absolute atomic E-state index is 0.0772. The number of alkyl halides is 2. The van der Waals surface area contributed by atoms with Crippen molar-refractivity contribution in [3.8, 4) is 5.75 Å². The van der Waals surface area contributed by atoms with Gasteiger partial charge in [-0.05, 0) is 36.6 Å². The molecule has 1 aromatic carbocycles. The van der Waals surface area contributed by atoms with Crippen LogP contribution in [-0.2, 0) is 16.6 Å². The van der Waals surface area contributed by atoms with Gasteiger partial charge in [-0.1, -0.05) is 11.6 Å². The van der Waals surface area contributed by atoms with Gasteiger partial charge < -0.3 is 9.26 Å². The minimum atomic E-state index is -4.06. The Hall–Kier alpha value is -2.69. The van der Waals surface area contributed by atoms with Crippen LogP contribution in [0.1, 0.15) is 31.2 Å². The summed E-state index contributed by atoms with van der Waals surface area (Å²) < 4.78 is 68.1. The maximum absolute atomic E-state index is 14.1. The lowest BCUT2D eigenvalue weighted by molar-refractivity contribution is -0.0770. The number of methoxy groups -OCH3 is 1. The summed E-state index contributed by atoms with van der Waals surface area (Å²) in [7, 11) is -2.62. The number of benzene rings is 1. The van der Waals surface area contributed by atoms with Crippen molar-refractivity contribution in [2.75, 3.05) is 17.6 Å². The van der Waals surface area contributed by atoms with Gasteiger partial charge >= 0.3 is 0 Å². The average Bonchev–Trinajstić information content (AvgIpc) is 3.33. The fourth-order valence-electron chi connectivity index (χ4n) is 3.82. The van der Waals surface area contributed by atoms with Crippen molar-refractivity contribution in [3.05, 3.63) is 36.2 Å². The van der Waals surface area contributed by atoms with Crippen LogP contribution in [0.25, 0.3) is 11.0 Å². The van der Waals surface area contributed by atoms with Crippen molar-refractivity contribution in [1.82, 2.24) is 14.9 Å². The number of hydrogen-bond acceptors (Lipinski definition) is 6. The van der Waals surface area contributed by atoms with Gasteiger partial charge in [0.15, 0.2) is 11.4 Å². The molecule has 0 aliphatic heterocycles. The number of fused-ring (bicyclic) bond motifs is 1. The van der Waals surface area contributed by atoms with E-state index in [0.717, 1.165) is 5.56 Å². The number of sulfonamides is 1. The standard InChI is InChI=1S/C19H22F2N4O4S/c1-28-15-9-13(11-25-8-4-7-22-25)10-16-17(15)18(23-29-16)24-30(26,27)12-14-5-2-3-6-19(14,20)21/h4,7-10,14H,2-3,5-6,11-12H2,1H3,(H,23,24). The Kier molecular flexibility index (Phi) is 5.39. The van der Waals surface area contributed by atoms with Crippen molar-refractivity contribution < 1.29 is 26.5 Å². The van der Waals surface area contributed by atoms with Crippen molar-refractivity contribution >= 4 is 26.8 Å². The maximum atomic E-state index is 14.1. The first-order chi connectivity index (χ1) is 14.3. The molecule has 1 N–H and O–H groups in total. The van der Waals surface area contributed by atoms with E-state index in [9.17, 15) is 17.2 Å². The van der Waals surface area contributed by atoms with Crippen LogP contribution in [0, 0.1) is 5.92 Å². The van der Waals surface area contributed by atoms with Gasteiger partial charge in [-0.15, -0.1) is 0 Å². The summed E-state index contributed by atoms with van der Waals surface area (Å²) in [6.07, 6.45) is 4.35. The molecule has 30 heavy (non-hydrogen) atoms. The highest BCUT2D eigenvalue weighted by Gasteiger charge is 2.43. The molecule has 2 aromatic heterocycles.